The summed E-state index contributed by atoms with van der Waals surface area (Å²) in [4.78, 5) is 51.8. The van der Waals surface area contributed by atoms with E-state index in [-0.39, 0.29) is 36.7 Å². The highest BCUT2D eigenvalue weighted by Crippen LogP contribution is 2.27. The molecule has 2 aromatic carbocycles. The summed E-state index contributed by atoms with van der Waals surface area (Å²) >= 11 is 5.80. The Balaban J connectivity index is 1.60. The summed E-state index contributed by atoms with van der Waals surface area (Å²) in [5, 5.41) is 0. The molecule has 0 saturated carbocycles. The number of ether oxygens (including phenoxy) is 2. The Labute approximate surface area is 214 Å². The number of rotatable bonds is 12. The van der Waals surface area contributed by atoms with Gasteiger partial charge >= 0.3 is 11.9 Å². The van der Waals surface area contributed by atoms with E-state index in [0.717, 1.165) is 31.4 Å². The van der Waals surface area contributed by atoms with Gasteiger partial charge in [-0.1, -0.05) is 19.8 Å². The van der Waals surface area contributed by atoms with Crippen LogP contribution in [0.4, 0.5) is 10.1 Å². The Morgan fingerprint density at radius 2 is 1.72 bits per heavy atom. The number of amides is 1. The van der Waals surface area contributed by atoms with Gasteiger partial charge < -0.3 is 14.4 Å². The van der Waals surface area contributed by atoms with Crippen molar-refractivity contribution >= 4 is 40.9 Å². The van der Waals surface area contributed by atoms with Gasteiger partial charge in [-0.25, -0.2) is 9.18 Å². The van der Waals surface area contributed by atoms with Gasteiger partial charge in [0.15, 0.2) is 6.10 Å². The molecule has 2 atom stereocenters. The van der Waals surface area contributed by atoms with Crippen LogP contribution in [0.15, 0.2) is 48.5 Å². The maximum Gasteiger partial charge on any atom is 0.338 e. The second-order valence-electron chi connectivity index (χ2n) is 8.57. The van der Waals surface area contributed by atoms with Crippen LogP contribution in [0.3, 0.4) is 0 Å². The molecule has 1 aliphatic rings. The summed E-state index contributed by atoms with van der Waals surface area (Å²) in [7, 11) is 0. The fourth-order valence-electron chi connectivity index (χ4n) is 3.87. The average molecular weight is 518 g/mol. The van der Waals surface area contributed by atoms with Crippen molar-refractivity contribution in [3.05, 3.63) is 65.5 Å². The summed E-state index contributed by atoms with van der Waals surface area (Å²) in [5.74, 6) is -3.04. The Hall–Kier alpha value is -3.26. The predicted molar refractivity (Wildman–Crippen MR) is 133 cm³/mol. The van der Waals surface area contributed by atoms with E-state index in [1.54, 1.807) is 24.3 Å². The first-order valence-corrected chi connectivity index (χ1v) is 12.5. The van der Waals surface area contributed by atoms with Gasteiger partial charge in [0.25, 0.3) is 0 Å². The fourth-order valence-corrected chi connectivity index (χ4v) is 4.07. The molecule has 1 aliphatic heterocycles. The highest BCUT2D eigenvalue weighted by atomic mass is 35.5. The molecule has 7 nitrogen and oxygen atoms in total. The topological polar surface area (TPSA) is 90.0 Å². The van der Waals surface area contributed by atoms with Crippen molar-refractivity contribution in [3.63, 3.8) is 0 Å². The lowest BCUT2D eigenvalue weighted by atomic mass is 10.0. The highest BCUT2D eigenvalue weighted by Gasteiger charge is 2.38. The lowest BCUT2D eigenvalue weighted by Crippen LogP contribution is -2.32. The Bertz CT molecular complexity index is 1070. The molecule has 0 N–H and O–H groups in total. The molecule has 1 amide bonds. The molecule has 9 heteroatoms. The maximum absolute atomic E-state index is 13.2. The minimum Gasteiger partial charge on any atom is -0.462 e. The number of unbranched alkanes of at least 4 members (excludes halogenated alkanes) is 2. The van der Waals surface area contributed by atoms with Gasteiger partial charge in [-0.3, -0.25) is 14.4 Å². The summed E-state index contributed by atoms with van der Waals surface area (Å²) in [5.41, 5.74) is 1.12. The number of anilines is 1. The Morgan fingerprint density at radius 3 is 2.36 bits per heavy atom. The lowest BCUT2D eigenvalue weighted by molar-refractivity contribution is -0.151. The number of carbonyl (C=O) groups is 4. The van der Waals surface area contributed by atoms with E-state index in [1.165, 1.54) is 17.0 Å². The second kappa shape index (κ2) is 13.2. The molecule has 192 valence electrons. The normalized spacial score (nSPS) is 16.0. The van der Waals surface area contributed by atoms with Gasteiger partial charge in [0.1, 0.15) is 5.82 Å². The third kappa shape index (κ3) is 7.13. The molecule has 3 rings (SSSR count). The first-order valence-electron chi connectivity index (χ1n) is 12.0. The smallest absolute Gasteiger partial charge is 0.338 e. The third-order valence-corrected chi connectivity index (χ3v) is 6.12. The summed E-state index contributed by atoms with van der Waals surface area (Å²) < 4.78 is 23.9. The van der Waals surface area contributed by atoms with Gasteiger partial charge in [-0.05, 0) is 55.0 Å². The molecule has 2 aromatic rings. The van der Waals surface area contributed by atoms with Crippen LogP contribution in [-0.2, 0) is 19.1 Å². The standard InChI is InChI=1S/C27H29ClFNO6/c1-2-3-4-15-35-26(33)19-7-11-22(12-8-19)30-17-20(16-24(30)31)27(34)36-23(13-14-28)25(32)18-5-9-21(29)10-6-18/h5-12,20,23H,2-4,13-17H2,1H3/t20-,23-/m1/s1. The number of carbonyl (C=O) groups excluding carboxylic acids is 4. The minimum atomic E-state index is -1.13. The molecular weight excluding hydrogens is 489 g/mol. The van der Waals surface area contributed by atoms with Crippen LogP contribution >= 0.6 is 11.6 Å². The number of Topliss-reactive ketones (excluding diaryl/α,β-unsaturated/α-hetero) is 1. The Kier molecular flexibility index (Phi) is 9.99. The van der Waals surface area contributed by atoms with Crippen molar-refractivity contribution in [2.45, 2.75) is 45.1 Å². The van der Waals surface area contributed by atoms with Crippen molar-refractivity contribution in [2.75, 3.05) is 23.9 Å². The SMILES string of the molecule is CCCCCOC(=O)c1ccc(N2C[C@H](C(=O)O[C@H](CCCl)C(=O)c3ccc(F)cc3)CC2=O)cc1. The highest BCUT2D eigenvalue weighted by molar-refractivity contribution is 6.18. The minimum absolute atomic E-state index is 0.0710. The van der Waals surface area contributed by atoms with Gasteiger partial charge in [-0.2, -0.15) is 0 Å². The molecule has 0 aromatic heterocycles. The van der Waals surface area contributed by atoms with Gasteiger partial charge in [0.2, 0.25) is 11.7 Å². The number of ketones is 1. The van der Waals surface area contributed by atoms with Crippen molar-refractivity contribution < 1.29 is 33.0 Å². The van der Waals surface area contributed by atoms with Gasteiger partial charge in [-0.15, -0.1) is 11.6 Å². The van der Waals surface area contributed by atoms with E-state index in [9.17, 15) is 23.6 Å². The number of hydrogen-bond acceptors (Lipinski definition) is 6. The molecule has 1 saturated heterocycles. The average Bonchev–Trinajstić information content (AvgIpc) is 3.28. The monoisotopic (exact) mass is 517 g/mol. The van der Waals surface area contributed by atoms with Crippen LogP contribution in [0.2, 0.25) is 0 Å². The van der Waals surface area contributed by atoms with E-state index in [0.29, 0.717) is 17.9 Å². The molecule has 0 bridgehead atoms. The fraction of sp³-hybridized carbons (Fsp3) is 0.407. The van der Waals surface area contributed by atoms with E-state index in [1.807, 2.05) is 0 Å². The van der Waals surface area contributed by atoms with Crippen LogP contribution in [-0.4, -0.2) is 48.8 Å². The van der Waals surface area contributed by atoms with Crippen molar-refractivity contribution in [3.8, 4) is 0 Å². The number of hydrogen-bond donors (Lipinski definition) is 0. The van der Waals surface area contributed by atoms with Crippen LogP contribution in [0.1, 0.15) is 59.7 Å². The molecule has 1 heterocycles. The van der Waals surface area contributed by atoms with Crippen LogP contribution < -0.4 is 4.90 Å². The first kappa shape index (κ1) is 27.3. The number of esters is 2. The van der Waals surface area contributed by atoms with Crippen molar-refractivity contribution in [2.24, 2.45) is 5.92 Å². The van der Waals surface area contributed by atoms with E-state index >= 15 is 0 Å². The lowest BCUT2D eigenvalue weighted by Gasteiger charge is -2.19. The molecule has 1 fully saturated rings. The molecular formula is C27H29ClFNO6. The van der Waals surface area contributed by atoms with E-state index in [2.05, 4.69) is 6.92 Å². The molecule has 0 radical (unpaired) electrons. The Morgan fingerprint density at radius 1 is 1.06 bits per heavy atom. The zero-order valence-corrected chi connectivity index (χ0v) is 20.8. The number of nitrogens with zero attached hydrogens (tertiary/aromatic N) is 1. The number of benzene rings is 2. The predicted octanol–water partition coefficient (Wildman–Crippen LogP) is 4.95. The van der Waals surface area contributed by atoms with E-state index < -0.39 is 35.6 Å². The molecule has 0 unspecified atom stereocenters. The summed E-state index contributed by atoms with van der Waals surface area (Å²) in [6, 6.07) is 11.3. The van der Waals surface area contributed by atoms with Crippen LogP contribution in [0.5, 0.6) is 0 Å². The largest absolute Gasteiger partial charge is 0.462 e. The maximum atomic E-state index is 13.2. The second-order valence-corrected chi connectivity index (χ2v) is 8.95. The number of alkyl halides is 1. The van der Waals surface area contributed by atoms with E-state index in [4.69, 9.17) is 21.1 Å². The summed E-state index contributed by atoms with van der Waals surface area (Å²) in [6.45, 7) is 2.50. The molecule has 0 aliphatic carbocycles. The quantitative estimate of drug-likeness (QED) is 0.171. The van der Waals surface area contributed by atoms with Crippen molar-refractivity contribution in [1.82, 2.24) is 0 Å². The number of halogens is 2. The van der Waals surface area contributed by atoms with Crippen molar-refractivity contribution in [1.29, 1.82) is 0 Å². The van der Waals surface area contributed by atoms with Crippen LogP contribution in [0, 0.1) is 11.7 Å². The molecule has 36 heavy (non-hydrogen) atoms. The van der Waals surface area contributed by atoms with Gasteiger partial charge in [0.05, 0.1) is 18.1 Å². The molecule has 0 spiro atoms. The summed E-state index contributed by atoms with van der Waals surface area (Å²) in [6.07, 6.45) is 1.71. The third-order valence-electron chi connectivity index (χ3n) is 5.90. The zero-order valence-electron chi connectivity index (χ0n) is 20.1. The van der Waals surface area contributed by atoms with Gasteiger partial charge in [0, 0.05) is 36.5 Å². The first-order chi connectivity index (χ1) is 17.3. The zero-order chi connectivity index (χ0) is 26.1. The van der Waals surface area contributed by atoms with Crippen LogP contribution in [0.25, 0.3) is 0 Å².